The van der Waals surface area contributed by atoms with E-state index in [4.69, 9.17) is 20.1 Å². The molecule has 0 aromatic rings. The molecule has 4 N–H and O–H groups in total. The molecule has 0 bridgehead atoms. The molecule has 0 radical (unpaired) electrons. The summed E-state index contributed by atoms with van der Waals surface area (Å²) in [5.41, 5.74) is -0.840. The van der Waals surface area contributed by atoms with Crippen molar-refractivity contribution in [3.8, 4) is 0 Å². The van der Waals surface area contributed by atoms with E-state index in [9.17, 15) is 0 Å². The molecule has 0 aromatic heterocycles. The molecule has 6 heteroatoms. The van der Waals surface area contributed by atoms with Gasteiger partial charge in [-0.2, -0.15) is 0 Å². The first-order valence-electron chi connectivity index (χ1n) is 9.81. The molecule has 0 aliphatic carbocycles. The van der Waals surface area contributed by atoms with E-state index in [0.29, 0.717) is 6.42 Å². The van der Waals surface area contributed by atoms with Crippen LogP contribution in [0.4, 0.5) is 0 Å². The molecule has 0 heterocycles. The molecule has 0 atom stereocenters. The van der Waals surface area contributed by atoms with Gasteiger partial charge < -0.3 is 20.1 Å². The smallest absolute Gasteiger partial charge is 0.427 e. The minimum atomic E-state index is -1.64. The average Bonchev–Trinajstić information content (AvgIpc) is 2.50. The van der Waals surface area contributed by atoms with E-state index in [1.807, 2.05) is 0 Å². The number of unbranched alkanes of at least 4 members (excludes halogenated alkanes) is 13. The van der Waals surface area contributed by atoms with Gasteiger partial charge >= 0.3 is 14.2 Å². The summed E-state index contributed by atoms with van der Waals surface area (Å²) < 4.78 is 0. The van der Waals surface area contributed by atoms with Crippen LogP contribution in [-0.2, 0) is 0 Å². The van der Waals surface area contributed by atoms with Crippen LogP contribution in [0.2, 0.25) is 5.72 Å². The Balaban J connectivity index is 3.21. The van der Waals surface area contributed by atoms with E-state index >= 15 is 0 Å². The maximum atomic E-state index is 9.02. The first kappa shape index (κ1) is 23.0. The van der Waals surface area contributed by atoms with E-state index in [0.717, 1.165) is 19.3 Å². The number of hydrogen-bond acceptors (Lipinski definition) is 4. The van der Waals surface area contributed by atoms with Gasteiger partial charge in [0.15, 0.2) is 0 Å². The Hall–Kier alpha value is -0.0301. The monoisotopic (exact) mass is 328 g/mol. The predicted molar refractivity (Wildman–Crippen MR) is 99.1 cm³/mol. The van der Waals surface area contributed by atoms with E-state index in [-0.39, 0.29) is 0 Å². The summed E-state index contributed by atoms with van der Waals surface area (Å²) >= 11 is 0. The highest BCUT2D eigenvalue weighted by atomic mass is 16.4. The van der Waals surface area contributed by atoms with E-state index in [2.05, 4.69) is 6.92 Å². The van der Waals surface area contributed by atoms with Crippen LogP contribution in [0, 0.1) is 0 Å². The lowest BCUT2D eigenvalue weighted by Gasteiger charge is -2.13. The summed E-state index contributed by atoms with van der Waals surface area (Å²) in [5, 5.41) is 36.1. The van der Waals surface area contributed by atoms with Crippen LogP contribution in [0.3, 0.4) is 0 Å². The number of hydrogen-bond donors (Lipinski definition) is 4. The highest BCUT2D eigenvalue weighted by Gasteiger charge is 2.33. The van der Waals surface area contributed by atoms with Gasteiger partial charge in [0.1, 0.15) is 0 Å². The Bertz CT molecular complexity index is 233. The zero-order valence-electron chi connectivity index (χ0n) is 15.1. The van der Waals surface area contributed by atoms with Crippen molar-refractivity contribution >= 4 is 14.2 Å². The molecular formula is C17H38B2O4. The molecule has 4 nitrogen and oxygen atoms in total. The fourth-order valence-electron chi connectivity index (χ4n) is 3.03. The van der Waals surface area contributed by atoms with Crippen molar-refractivity contribution in [3.05, 3.63) is 0 Å². The molecule has 136 valence electrons. The third kappa shape index (κ3) is 15.2. The number of rotatable bonds is 17. The van der Waals surface area contributed by atoms with Crippen LogP contribution in [-0.4, -0.2) is 34.3 Å². The summed E-state index contributed by atoms with van der Waals surface area (Å²) in [6.45, 7) is 2.25. The van der Waals surface area contributed by atoms with Crippen molar-refractivity contribution in [2.45, 2.75) is 109 Å². The molecule has 23 heavy (non-hydrogen) atoms. The van der Waals surface area contributed by atoms with E-state index < -0.39 is 20.0 Å². The zero-order chi connectivity index (χ0) is 17.3. The quantitative estimate of drug-likeness (QED) is 0.242. The minimum absolute atomic E-state index is 0.452. The third-order valence-electron chi connectivity index (χ3n) is 4.66. The molecule has 0 saturated heterocycles. The van der Waals surface area contributed by atoms with Gasteiger partial charge in [0, 0.05) is 5.72 Å². The van der Waals surface area contributed by atoms with Crippen LogP contribution >= 0.6 is 0 Å². The van der Waals surface area contributed by atoms with Gasteiger partial charge in [-0.15, -0.1) is 0 Å². The Kier molecular flexibility index (Phi) is 16.8. The summed E-state index contributed by atoms with van der Waals surface area (Å²) in [7, 11) is -3.28. The van der Waals surface area contributed by atoms with Gasteiger partial charge in [-0.05, 0) is 0 Å². The molecular weight excluding hydrogens is 290 g/mol. The summed E-state index contributed by atoms with van der Waals surface area (Å²) in [6, 6.07) is 0. The lowest BCUT2D eigenvalue weighted by Crippen LogP contribution is -2.33. The minimum Gasteiger partial charge on any atom is -0.427 e. The highest BCUT2D eigenvalue weighted by molar-refractivity contribution is 6.64. The van der Waals surface area contributed by atoms with Crippen LogP contribution in [0.5, 0.6) is 0 Å². The van der Waals surface area contributed by atoms with Crippen molar-refractivity contribution in [3.63, 3.8) is 0 Å². The van der Waals surface area contributed by atoms with Crippen molar-refractivity contribution in [1.29, 1.82) is 0 Å². The molecule has 0 aliphatic rings. The standard InChI is InChI=1S/C17H38B2O4/c1-2-3-4-5-6-7-8-9-10-11-12-13-14-15-16-17(18(20)21)19(22)23/h17,20-23H,2-16H2,1H3. The largest absolute Gasteiger partial charge is 0.452 e. The maximum absolute atomic E-state index is 9.02. The summed E-state index contributed by atoms with van der Waals surface area (Å²) in [6.07, 6.45) is 18.3. The van der Waals surface area contributed by atoms with Crippen LogP contribution in [0.15, 0.2) is 0 Å². The van der Waals surface area contributed by atoms with E-state index in [1.54, 1.807) is 0 Å². The SMILES string of the molecule is CCCCCCCCCCCCCCCCC(B(O)O)B(O)O. The Labute approximate surface area is 144 Å². The van der Waals surface area contributed by atoms with Gasteiger partial charge in [-0.25, -0.2) is 0 Å². The molecule has 0 unspecified atom stereocenters. The second-order valence-corrected chi connectivity index (χ2v) is 6.88. The first-order chi connectivity index (χ1) is 11.1. The maximum Gasteiger partial charge on any atom is 0.452 e. The fourth-order valence-corrected chi connectivity index (χ4v) is 3.03. The molecule has 0 saturated carbocycles. The second-order valence-electron chi connectivity index (χ2n) is 6.88. The van der Waals surface area contributed by atoms with Crippen LogP contribution < -0.4 is 0 Å². The van der Waals surface area contributed by atoms with Gasteiger partial charge in [0.25, 0.3) is 0 Å². The molecule has 0 aromatic carbocycles. The van der Waals surface area contributed by atoms with Crippen LogP contribution in [0.25, 0.3) is 0 Å². The van der Waals surface area contributed by atoms with E-state index in [1.165, 1.54) is 70.6 Å². The highest BCUT2D eigenvalue weighted by Crippen LogP contribution is 2.19. The van der Waals surface area contributed by atoms with Crippen molar-refractivity contribution < 1.29 is 20.1 Å². The molecule has 0 spiro atoms. The zero-order valence-corrected chi connectivity index (χ0v) is 15.1. The topological polar surface area (TPSA) is 80.9 Å². The van der Waals surface area contributed by atoms with Gasteiger partial charge in [0.05, 0.1) is 0 Å². The lowest BCUT2D eigenvalue weighted by atomic mass is 9.51. The normalized spacial score (nSPS) is 11.2. The average molecular weight is 328 g/mol. The molecule has 0 amide bonds. The summed E-state index contributed by atoms with van der Waals surface area (Å²) in [4.78, 5) is 0. The first-order valence-corrected chi connectivity index (χ1v) is 9.81. The predicted octanol–water partition coefficient (Wildman–Crippen LogP) is 3.71. The Morgan fingerprint density at radius 1 is 0.522 bits per heavy atom. The molecule has 0 rings (SSSR count). The van der Waals surface area contributed by atoms with Gasteiger partial charge in [0.2, 0.25) is 0 Å². The Morgan fingerprint density at radius 3 is 1.13 bits per heavy atom. The second kappa shape index (κ2) is 16.8. The molecule has 0 fully saturated rings. The third-order valence-corrected chi connectivity index (χ3v) is 4.66. The van der Waals surface area contributed by atoms with Gasteiger partial charge in [-0.3, -0.25) is 0 Å². The van der Waals surface area contributed by atoms with Crippen LogP contribution in [0.1, 0.15) is 103 Å². The molecule has 0 aliphatic heterocycles. The lowest BCUT2D eigenvalue weighted by molar-refractivity contribution is 0.351. The fraction of sp³-hybridized carbons (Fsp3) is 1.00. The summed E-state index contributed by atoms with van der Waals surface area (Å²) in [5.74, 6) is 0. The van der Waals surface area contributed by atoms with Gasteiger partial charge in [-0.1, -0.05) is 103 Å². The van der Waals surface area contributed by atoms with Crippen molar-refractivity contribution in [2.24, 2.45) is 0 Å². The van der Waals surface area contributed by atoms with Crippen molar-refractivity contribution in [1.82, 2.24) is 0 Å². The Morgan fingerprint density at radius 2 is 0.826 bits per heavy atom. The van der Waals surface area contributed by atoms with Crippen molar-refractivity contribution in [2.75, 3.05) is 0 Å².